The number of aryl methyl sites for hydroxylation is 1. The molecule has 26 heavy (non-hydrogen) atoms. The van der Waals surface area contributed by atoms with Crippen molar-refractivity contribution in [1.29, 1.82) is 0 Å². The number of aromatic hydroxyl groups is 1. The van der Waals surface area contributed by atoms with E-state index in [9.17, 15) is 5.11 Å². The lowest BCUT2D eigenvalue weighted by Gasteiger charge is -2.03. The summed E-state index contributed by atoms with van der Waals surface area (Å²) in [6, 6.07) is 10.9. The van der Waals surface area contributed by atoms with Crippen molar-refractivity contribution in [1.82, 2.24) is 20.2 Å². The fourth-order valence-corrected chi connectivity index (χ4v) is 2.65. The Labute approximate surface area is 148 Å². The van der Waals surface area contributed by atoms with Gasteiger partial charge >= 0.3 is 0 Å². The topological polar surface area (TPSA) is 108 Å². The van der Waals surface area contributed by atoms with Crippen LogP contribution in [0.3, 0.4) is 0 Å². The number of benzene rings is 2. The van der Waals surface area contributed by atoms with E-state index in [1.165, 1.54) is 12.3 Å². The van der Waals surface area contributed by atoms with Crippen LogP contribution < -0.4 is 10.2 Å². The second-order valence-corrected chi connectivity index (χ2v) is 5.80. The monoisotopic (exact) mass is 348 g/mol. The summed E-state index contributed by atoms with van der Waals surface area (Å²) in [4.78, 5) is 7.60. The average molecular weight is 348 g/mol. The molecule has 2 heterocycles. The lowest BCUT2D eigenvalue weighted by Crippen LogP contribution is -1.99. The molecule has 0 fully saturated rings. The number of hydrogen-bond acceptors (Lipinski definition) is 7. The first-order valence-electron chi connectivity index (χ1n) is 7.93. The highest BCUT2D eigenvalue weighted by molar-refractivity contribution is 6.03. The second kappa shape index (κ2) is 6.32. The molecule has 8 nitrogen and oxygen atoms in total. The van der Waals surface area contributed by atoms with Gasteiger partial charge < -0.3 is 14.8 Å². The molecule has 0 bridgehead atoms. The SMILES string of the molecule is COc1ccc(O)c(/C=N/Nc2nnc3c(n2)[nH]c2ccc(C)cc23)c1. The molecule has 0 atom stereocenters. The molecule has 0 saturated carbocycles. The molecule has 0 aliphatic heterocycles. The molecule has 0 amide bonds. The van der Waals surface area contributed by atoms with E-state index >= 15 is 0 Å². The highest BCUT2D eigenvalue weighted by Gasteiger charge is 2.09. The molecule has 2 aromatic heterocycles. The van der Waals surface area contributed by atoms with Crippen LogP contribution >= 0.6 is 0 Å². The molecule has 130 valence electrons. The van der Waals surface area contributed by atoms with Crippen molar-refractivity contribution in [3.05, 3.63) is 47.5 Å². The van der Waals surface area contributed by atoms with Gasteiger partial charge in [-0.1, -0.05) is 11.6 Å². The van der Waals surface area contributed by atoms with Crippen molar-refractivity contribution in [2.45, 2.75) is 6.92 Å². The number of methoxy groups -OCH3 is 1. The number of nitrogens with one attached hydrogen (secondary N) is 2. The Hall–Kier alpha value is -3.68. The predicted molar refractivity (Wildman–Crippen MR) is 99.8 cm³/mol. The van der Waals surface area contributed by atoms with Crippen molar-refractivity contribution < 1.29 is 9.84 Å². The minimum absolute atomic E-state index is 0.0943. The standard InChI is InChI=1S/C18H16N6O2/c1-10-3-5-14-13(7-10)16-17(20-14)21-18(24-22-16)23-19-9-11-8-12(26-2)4-6-15(11)25/h3-9,25H,1-2H3,(H2,20,21,23,24)/b19-9+. The van der Waals surface area contributed by atoms with Gasteiger partial charge in [-0.25, -0.2) is 5.43 Å². The summed E-state index contributed by atoms with van der Waals surface area (Å²) in [6.45, 7) is 2.03. The van der Waals surface area contributed by atoms with Crippen LogP contribution in [0.1, 0.15) is 11.1 Å². The zero-order chi connectivity index (χ0) is 18.1. The molecular formula is C18H16N6O2. The number of hydrogen-bond donors (Lipinski definition) is 3. The third kappa shape index (κ3) is 2.88. The second-order valence-electron chi connectivity index (χ2n) is 5.80. The van der Waals surface area contributed by atoms with Gasteiger partial charge in [0.1, 0.15) is 17.0 Å². The quantitative estimate of drug-likeness (QED) is 0.386. The van der Waals surface area contributed by atoms with Gasteiger partial charge in [-0.3, -0.25) is 0 Å². The third-order valence-corrected chi connectivity index (χ3v) is 3.97. The van der Waals surface area contributed by atoms with Gasteiger partial charge in [-0.05, 0) is 37.3 Å². The Morgan fingerprint density at radius 3 is 2.92 bits per heavy atom. The molecule has 8 heteroatoms. The van der Waals surface area contributed by atoms with Gasteiger partial charge in [0.05, 0.1) is 13.3 Å². The Bertz CT molecular complexity index is 1140. The van der Waals surface area contributed by atoms with Crippen LogP contribution in [0.5, 0.6) is 11.5 Å². The molecule has 3 N–H and O–H groups in total. The summed E-state index contributed by atoms with van der Waals surface area (Å²) in [5.41, 5.74) is 6.66. The van der Waals surface area contributed by atoms with Crippen molar-refractivity contribution in [3.8, 4) is 11.5 Å². The smallest absolute Gasteiger partial charge is 0.265 e. The Balaban J connectivity index is 1.60. The molecule has 4 aromatic rings. The van der Waals surface area contributed by atoms with Gasteiger partial charge in [0.25, 0.3) is 5.95 Å². The van der Waals surface area contributed by atoms with Crippen molar-refractivity contribution in [2.75, 3.05) is 12.5 Å². The normalized spacial score (nSPS) is 11.5. The number of aromatic amines is 1. The highest BCUT2D eigenvalue weighted by Crippen LogP contribution is 2.24. The van der Waals surface area contributed by atoms with Crippen LogP contribution in [-0.2, 0) is 0 Å². The van der Waals surface area contributed by atoms with Crippen molar-refractivity contribution in [2.24, 2.45) is 5.10 Å². The van der Waals surface area contributed by atoms with Crippen molar-refractivity contribution >= 4 is 34.2 Å². The van der Waals surface area contributed by atoms with Gasteiger partial charge in [0, 0.05) is 16.5 Å². The summed E-state index contributed by atoms with van der Waals surface area (Å²) >= 11 is 0. The maximum absolute atomic E-state index is 9.85. The number of anilines is 1. The highest BCUT2D eigenvalue weighted by atomic mass is 16.5. The van der Waals surface area contributed by atoms with Gasteiger partial charge in [-0.2, -0.15) is 10.1 Å². The molecule has 0 radical (unpaired) electrons. The summed E-state index contributed by atoms with van der Waals surface area (Å²) in [5.74, 6) is 0.966. The molecule has 0 saturated heterocycles. The van der Waals surface area contributed by atoms with Gasteiger partial charge in [0.2, 0.25) is 0 Å². The number of phenolic OH excluding ortho intramolecular Hbond substituents is 1. The molecule has 4 rings (SSSR count). The Morgan fingerprint density at radius 1 is 1.19 bits per heavy atom. The summed E-state index contributed by atoms with van der Waals surface area (Å²) in [5, 5.41) is 23.2. The van der Waals surface area contributed by atoms with Crippen LogP contribution in [0.4, 0.5) is 5.95 Å². The number of phenols is 1. The average Bonchev–Trinajstić information content (AvgIpc) is 3.00. The summed E-state index contributed by atoms with van der Waals surface area (Å²) < 4.78 is 5.13. The van der Waals surface area contributed by atoms with E-state index in [-0.39, 0.29) is 11.7 Å². The molecule has 2 aromatic carbocycles. The van der Waals surface area contributed by atoms with E-state index in [4.69, 9.17) is 4.74 Å². The number of ether oxygens (including phenoxy) is 1. The minimum Gasteiger partial charge on any atom is -0.507 e. The number of rotatable bonds is 4. The van der Waals surface area contributed by atoms with Gasteiger partial charge in [-0.15, -0.1) is 10.2 Å². The van der Waals surface area contributed by atoms with Crippen LogP contribution in [0.25, 0.3) is 22.1 Å². The largest absolute Gasteiger partial charge is 0.507 e. The number of aromatic nitrogens is 4. The summed E-state index contributed by atoms with van der Waals surface area (Å²) in [7, 11) is 1.56. The molecule has 0 aliphatic rings. The van der Waals surface area contributed by atoms with Gasteiger partial charge in [0.15, 0.2) is 5.65 Å². The van der Waals surface area contributed by atoms with Crippen molar-refractivity contribution in [3.63, 3.8) is 0 Å². The third-order valence-electron chi connectivity index (χ3n) is 3.97. The van der Waals surface area contributed by atoms with E-state index in [1.807, 2.05) is 25.1 Å². The first kappa shape index (κ1) is 15.8. The Kier molecular flexibility index (Phi) is 3.85. The number of H-pyrrole nitrogens is 1. The number of nitrogens with zero attached hydrogens (tertiary/aromatic N) is 4. The van der Waals surface area contributed by atoms with Crippen LogP contribution in [0.15, 0.2) is 41.5 Å². The van der Waals surface area contributed by atoms with Crippen LogP contribution in [0.2, 0.25) is 0 Å². The summed E-state index contributed by atoms with van der Waals surface area (Å²) in [6.07, 6.45) is 1.46. The molecular weight excluding hydrogens is 332 g/mol. The van der Waals surface area contributed by atoms with Crippen LogP contribution in [0, 0.1) is 6.92 Å². The van der Waals surface area contributed by atoms with Crippen LogP contribution in [-0.4, -0.2) is 38.6 Å². The zero-order valence-electron chi connectivity index (χ0n) is 14.2. The van der Waals surface area contributed by atoms with E-state index in [0.29, 0.717) is 22.5 Å². The molecule has 0 aliphatic carbocycles. The van der Waals surface area contributed by atoms with E-state index < -0.39 is 0 Å². The minimum atomic E-state index is 0.0943. The van der Waals surface area contributed by atoms with E-state index in [2.05, 4.69) is 30.7 Å². The fraction of sp³-hybridized carbons (Fsp3) is 0.111. The lowest BCUT2D eigenvalue weighted by atomic mass is 10.2. The van der Waals surface area contributed by atoms with E-state index in [1.54, 1.807) is 19.2 Å². The number of fused-ring (bicyclic) bond motifs is 3. The van der Waals surface area contributed by atoms with E-state index in [0.717, 1.165) is 16.5 Å². The molecule has 0 spiro atoms. The number of hydrazone groups is 1. The maximum Gasteiger partial charge on any atom is 0.265 e. The fourth-order valence-electron chi connectivity index (χ4n) is 2.65. The predicted octanol–water partition coefficient (Wildman–Crippen LogP) is 2.97. The molecule has 0 unspecified atom stereocenters. The zero-order valence-corrected chi connectivity index (χ0v) is 14.2. The Morgan fingerprint density at radius 2 is 2.08 bits per heavy atom. The lowest BCUT2D eigenvalue weighted by molar-refractivity contribution is 0.412. The maximum atomic E-state index is 9.85. The first-order chi connectivity index (χ1) is 12.6. The first-order valence-corrected chi connectivity index (χ1v) is 7.93.